The zero-order valence-corrected chi connectivity index (χ0v) is 11.3. The third-order valence-corrected chi connectivity index (χ3v) is 4.28. The highest BCUT2D eigenvalue weighted by molar-refractivity contribution is 7.91. The van der Waals surface area contributed by atoms with Crippen molar-refractivity contribution in [2.45, 2.75) is 11.4 Å². The zero-order valence-electron chi connectivity index (χ0n) is 9.63. The summed E-state index contributed by atoms with van der Waals surface area (Å²) in [7, 11) is -8.36. The third-order valence-electron chi connectivity index (χ3n) is 2.12. The summed E-state index contributed by atoms with van der Waals surface area (Å²) >= 11 is 0. The summed E-state index contributed by atoms with van der Waals surface area (Å²) in [5.74, 6) is -0.587. The number of hydrogen-bond acceptors (Lipinski definition) is 6. The van der Waals surface area contributed by atoms with Crippen LogP contribution in [0.3, 0.4) is 0 Å². The van der Waals surface area contributed by atoms with Crippen molar-refractivity contribution in [1.29, 1.82) is 5.39 Å². The van der Waals surface area contributed by atoms with Crippen molar-refractivity contribution < 1.29 is 25.6 Å². The average molecular weight is 307 g/mol. The zero-order chi connectivity index (χ0) is 14.5. The van der Waals surface area contributed by atoms with Gasteiger partial charge in [-0.3, -0.25) is 4.55 Å². The molecule has 1 N–H and O–H groups in total. The maximum absolute atomic E-state index is 11.8. The number of hydrogen-bond donors (Lipinski definition) is 1. The maximum atomic E-state index is 11.8. The van der Waals surface area contributed by atoms with Gasteiger partial charge in [0.25, 0.3) is 0 Å². The fourth-order valence-corrected chi connectivity index (χ4v) is 2.74. The minimum atomic E-state index is -4.65. The van der Waals surface area contributed by atoms with E-state index in [2.05, 4.69) is 9.16 Å². The average Bonchev–Trinajstić information content (AvgIpc) is 2.28. The first-order valence-electron chi connectivity index (χ1n) is 4.99. The van der Waals surface area contributed by atoms with Gasteiger partial charge in [0.2, 0.25) is 5.39 Å². The molecular formula is C9H11N2O6S2+. The molecule has 0 spiro atoms. The van der Waals surface area contributed by atoms with Crippen LogP contribution in [-0.4, -0.2) is 33.7 Å². The van der Waals surface area contributed by atoms with Crippen LogP contribution in [0.2, 0.25) is 0 Å². The van der Waals surface area contributed by atoms with E-state index in [0.29, 0.717) is 5.56 Å². The number of sulfone groups is 1. The molecule has 0 saturated heterocycles. The molecule has 0 bridgehead atoms. The van der Waals surface area contributed by atoms with Gasteiger partial charge >= 0.3 is 16.9 Å². The van der Waals surface area contributed by atoms with Gasteiger partial charge < -0.3 is 0 Å². The Hall–Kier alpha value is -1.54. The SMILES string of the molecule is N#[N+]Cc1ccc(S(=O)(=O)CCOS(=O)(=O)O)cc1. The van der Waals surface area contributed by atoms with Gasteiger partial charge in [0, 0.05) is 5.56 Å². The summed E-state index contributed by atoms with van der Waals surface area (Å²) in [6, 6.07) is 5.55. The van der Waals surface area contributed by atoms with Crippen molar-refractivity contribution in [2.24, 2.45) is 0 Å². The van der Waals surface area contributed by atoms with Crippen LogP contribution in [-0.2, 0) is 31.0 Å². The van der Waals surface area contributed by atoms with E-state index in [4.69, 9.17) is 9.95 Å². The molecule has 1 aromatic rings. The van der Waals surface area contributed by atoms with E-state index < -0.39 is 32.6 Å². The van der Waals surface area contributed by atoms with Crippen LogP contribution in [0, 0.1) is 5.39 Å². The molecule has 19 heavy (non-hydrogen) atoms. The lowest BCUT2D eigenvalue weighted by Gasteiger charge is -2.04. The Morgan fingerprint density at radius 1 is 1.16 bits per heavy atom. The first kappa shape index (κ1) is 15.5. The molecule has 0 heterocycles. The Labute approximate surface area is 110 Å². The summed E-state index contributed by atoms with van der Waals surface area (Å²) in [5, 5.41) is 8.35. The van der Waals surface area contributed by atoms with Gasteiger partial charge in [-0.1, -0.05) is 0 Å². The summed E-state index contributed by atoms with van der Waals surface area (Å²) in [6.07, 6.45) is 0. The van der Waals surface area contributed by atoms with Crippen LogP contribution in [0.25, 0.3) is 4.98 Å². The largest absolute Gasteiger partial charge is 0.397 e. The molecule has 1 aromatic carbocycles. The van der Waals surface area contributed by atoms with Gasteiger partial charge in [-0.25, -0.2) is 12.6 Å². The predicted molar refractivity (Wildman–Crippen MR) is 64.8 cm³/mol. The second kappa shape index (κ2) is 6.07. The second-order valence-corrected chi connectivity index (χ2v) is 6.71. The topological polar surface area (TPSA) is 126 Å². The van der Waals surface area contributed by atoms with E-state index in [-0.39, 0.29) is 11.4 Å². The number of benzene rings is 1. The quantitative estimate of drug-likeness (QED) is 0.603. The molecule has 0 unspecified atom stereocenters. The van der Waals surface area contributed by atoms with E-state index in [1.165, 1.54) is 24.3 Å². The molecule has 0 amide bonds. The van der Waals surface area contributed by atoms with Crippen molar-refractivity contribution in [3.63, 3.8) is 0 Å². The molecule has 0 saturated carbocycles. The van der Waals surface area contributed by atoms with Crippen LogP contribution in [0.4, 0.5) is 0 Å². The van der Waals surface area contributed by atoms with Gasteiger partial charge in [-0.15, -0.1) is 0 Å². The Morgan fingerprint density at radius 2 is 1.74 bits per heavy atom. The van der Waals surface area contributed by atoms with Gasteiger partial charge in [-0.2, -0.15) is 8.42 Å². The lowest BCUT2D eigenvalue weighted by atomic mass is 10.2. The Morgan fingerprint density at radius 3 is 2.21 bits per heavy atom. The van der Waals surface area contributed by atoms with Gasteiger partial charge in [0.05, 0.1) is 17.3 Å². The Kier molecular flexibility index (Phi) is 4.96. The highest BCUT2D eigenvalue weighted by Crippen LogP contribution is 2.13. The van der Waals surface area contributed by atoms with Gasteiger partial charge in [0.1, 0.15) is 4.98 Å². The molecule has 8 nitrogen and oxygen atoms in total. The number of rotatable bonds is 6. The monoisotopic (exact) mass is 307 g/mol. The van der Waals surface area contributed by atoms with E-state index in [1.807, 2.05) is 0 Å². The molecule has 104 valence electrons. The fourth-order valence-electron chi connectivity index (χ4n) is 1.25. The van der Waals surface area contributed by atoms with Gasteiger partial charge in [-0.05, 0) is 24.3 Å². The summed E-state index contributed by atoms with van der Waals surface area (Å²) < 4.78 is 56.3. The van der Waals surface area contributed by atoms with Gasteiger partial charge in [0.15, 0.2) is 9.84 Å². The summed E-state index contributed by atoms with van der Waals surface area (Å²) in [4.78, 5) is 2.89. The molecule has 0 fully saturated rings. The van der Waals surface area contributed by atoms with Crippen LogP contribution >= 0.6 is 0 Å². The van der Waals surface area contributed by atoms with Crippen molar-refractivity contribution in [2.75, 3.05) is 12.4 Å². The Bertz CT molecular complexity index is 672. The molecule has 0 aliphatic heterocycles. The van der Waals surface area contributed by atoms with Crippen molar-refractivity contribution in [1.82, 2.24) is 0 Å². The van der Waals surface area contributed by atoms with E-state index >= 15 is 0 Å². The van der Waals surface area contributed by atoms with Crippen molar-refractivity contribution in [3.05, 3.63) is 34.8 Å². The van der Waals surface area contributed by atoms with E-state index in [0.717, 1.165) is 0 Å². The second-order valence-electron chi connectivity index (χ2n) is 3.51. The summed E-state index contributed by atoms with van der Waals surface area (Å²) in [5.41, 5.74) is 0.621. The molecule has 0 radical (unpaired) electrons. The van der Waals surface area contributed by atoms with Crippen LogP contribution in [0.5, 0.6) is 0 Å². The van der Waals surface area contributed by atoms with Crippen LogP contribution in [0.15, 0.2) is 29.2 Å². The maximum Gasteiger partial charge on any atom is 0.397 e. The lowest BCUT2D eigenvalue weighted by molar-refractivity contribution is 0.284. The highest BCUT2D eigenvalue weighted by atomic mass is 32.3. The van der Waals surface area contributed by atoms with Crippen LogP contribution in [0.1, 0.15) is 5.56 Å². The van der Waals surface area contributed by atoms with E-state index in [1.54, 1.807) is 0 Å². The first-order valence-corrected chi connectivity index (χ1v) is 8.01. The molecule has 0 aliphatic rings. The Balaban J connectivity index is 2.75. The smallest absolute Gasteiger partial charge is 0.264 e. The van der Waals surface area contributed by atoms with E-state index in [9.17, 15) is 16.8 Å². The molecule has 0 aliphatic carbocycles. The third kappa shape index (κ3) is 5.31. The summed E-state index contributed by atoms with van der Waals surface area (Å²) in [6.45, 7) is -0.624. The number of nitrogens with zero attached hydrogens (tertiary/aromatic N) is 2. The van der Waals surface area contributed by atoms with Crippen molar-refractivity contribution in [3.8, 4) is 0 Å². The lowest BCUT2D eigenvalue weighted by Crippen LogP contribution is -2.15. The predicted octanol–water partition coefficient (Wildman–Crippen LogP) is 0.633. The molecular weight excluding hydrogens is 296 g/mol. The molecule has 1 rings (SSSR count). The minimum absolute atomic E-state index is 0.0203. The van der Waals surface area contributed by atoms with Crippen molar-refractivity contribution >= 4 is 20.2 Å². The molecule has 0 atom stereocenters. The standard InChI is InChI=1S/C9H10N2O6S2/c10-11-7-8-1-3-9(4-2-8)18(12,13)6-5-17-19(14,15)16/h1-4H,5-7H2/p+1. The first-order chi connectivity index (χ1) is 8.74. The number of diazo groups is 1. The minimum Gasteiger partial charge on any atom is -0.264 e. The molecule has 10 heteroatoms. The normalized spacial score (nSPS) is 12.0. The fraction of sp³-hybridized carbons (Fsp3) is 0.333. The van der Waals surface area contributed by atoms with Crippen LogP contribution < -0.4 is 0 Å². The highest BCUT2D eigenvalue weighted by Gasteiger charge is 2.16. The molecule has 0 aromatic heterocycles.